The van der Waals surface area contributed by atoms with Gasteiger partial charge in [-0.25, -0.2) is 0 Å². The number of rotatable bonds is 5. The second-order valence-electron chi connectivity index (χ2n) is 4.51. The molecule has 1 unspecified atom stereocenters. The molecule has 5 nitrogen and oxygen atoms in total. The average molecular weight is 229 g/mol. The van der Waals surface area contributed by atoms with Gasteiger partial charge in [0.2, 0.25) is 5.91 Å². The summed E-state index contributed by atoms with van der Waals surface area (Å²) < 4.78 is 5.25. The molecule has 1 heterocycles. The van der Waals surface area contributed by atoms with Gasteiger partial charge in [0.25, 0.3) is 0 Å². The minimum Gasteiger partial charge on any atom is -0.379 e. The summed E-state index contributed by atoms with van der Waals surface area (Å²) in [6.07, 6.45) is 0. The van der Waals surface area contributed by atoms with Gasteiger partial charge >= 0.3 is 0 Å². The second kappa shape index (κ2) is 6.83. The Hall–Kier alpha value is -0.650. The first-order valence-corrected chi connectivity index (χ1v) is 5.94. The molecular weight excluding hydrogens is 206 g/mol. The van der Waals surface area contributed by atoms with Crippen molar-refractivity contribution in [3.05, 3.63) is 0 Å². The van der Waals surface area contributed by atoms with Gasteiger partial charge in [0.05, 0.1) is 19.3 Å². The van der Waals surface area contributed by atoms with Crippen LogP contribution in [0.25, 0.3) is 0 Å². The van der Waals surface area contributed by atoms with Crippen LogP contribution in [0.5, 0.6) is 0 Å². The quantitative estimate of drug-likeness (QED) is 0.662. The predicted octanol–water partition coefficient (Wildman–Crippen LogP) is -0.582. The molecule has 1 rings (SSSR count). The second-order valence-corrected chi connectivity index (χ2v) is 4.51. The third-order valence-corrected chi connectivity index (χ3v) is 2.85. The third-order valence-electron chi connectivity index (χ3n) is 2.85. The molecule has 0 aliphatic carbocycles. The Labute approximate surface area is 97.3 Å². The molecule has 0 aromatic heterocycles. The molecule has 0 aromatic rings. The topological polar surface area (TPSA) is 67.6 Å². The van der Waals surface area contributed by atoms with E-state index < -0.39 is 6.04 Å². The lowest BCUT2D eigenvalue weighted by molar-refractivity contribution is -0.123. The summed E-state index contributed by atoms with van der Waals surface area (Å²) in [5.41, 5.74) is 5.73. The van der Waals surface area contributed by atoms with Gasteiger partial charge < -0.3 is 15.8 Å². The van der Waals surface area contributed by atoms with Crippen molar-refractivity contribution in [2.24, 2.45) is 11.7 Å². The fourth-order valence-electron chi connectivity index (χ4n) is 1.58. The van der Waals surface area contributed by atoms with E-state index in [0.29, 0.717) is 6.54 Å². The molecule has 1 saturated heterocycles. The maximum absolute atomic E-state index is 11.5. The Bertz CT molecular complexity index is 215. The molecule has 1 atom stereocenters. The first-order chi connectivity index (χ1) is 7.61. The van der Waals surface area contributed by atoms with Gasteiger partial charge in [-0.05, 0) is 5.92 Å². The van der Waals surface area contributed by atoms with Gasteiger partial charge in [-0.15, -0.1) is 0 Å². The van der Waals surface area contributed by atoms with Crippen LogP contribution in [-0.4, -0.2) is 56.2 Å². The Morgan fingerprint density at radius 2 is 2.06 bits per heavy atom. The molecule has 5 heteroatoms. The van der Waals surface area contributed by atoms with Crippen LogP contribution < -0.4 is 11.1 Å². The largest absolute Gasteiger partial charge is 0.379 e. The normalized spacial score (nSPS) is 19.8. The van der Waals surface area contributed by atoms with E-state index in [0.717, 1.165) is 32.8 Å². The van der Waals surface area contributed by atoms with E-state index in [4.69, 9.17) is 10.5 Å². The van der Waals surface area contributed by atoms with Crippen LogP contribution in [0.2, 0.25) is 0 Å². The van der Waals surface area contributed by atoms with E-state index in [2.05, 4.69) is 10.2 Å². The van der Waals surface area contributed by atoms with E-state index in [1.54, 1.807) is 0 Å². The van der Waals surface area contributed by atoms with Gasteiger partial charge in [-0.2, -0.15) is 0 Å². The molecule has 0 aromatic carbocycles. The monoisotopic (exact) mass is 229 g/mol. The summed E-state index contributed by atoms with van der Waals surface area (Å²) >= 11 is 0. The van der Waals surface area contributed by atoms with Crippen molar-refractivity contribution in [3.8, 4) is 0 Å². The van der Waals surface area contributed by atoms with Gasteiger partial charge in [0, 0.05) is 26.2 Å². The zero-order valence-corrected chi connectivity index (χ0v) is 10.2. The molecule has 0 radical (unpaired) electrons. The third kappa shape index (κ3) is 4.47. The molecular formula is C11H23N3O2. The summed E-state index contributed by atoms with van der Waals surface area (Å²) in [6.45, 7) is 8.93. The first kappa shape index (κ1) is 13.4. The molecule has 0 saturated carbocycles. The number of amides is 1. The minimum absolute atomic E-state index is 0.0525. The number of hydrogen-bond donors (Lipinski definition) is 2. The molecule has 0 spiro atoms. The number of carbonyl (C=O) groups is 1. The number of nitrogens with zero attached hydrogens (tertiary/aromatic N) is 1. The predicted molar refractivity (Wildman–Crippen MR) is 63.1 cm³/mol. The summed E-state index contributed by atoms with van der Waals surface area (Å²) in [6, 6.07) is -0.398. The van der Waals surface area contributed by atoms with Crippen LogP contribution >= 0.6 is 0 Å². The van der Waals surface area contributed by atoms with Crippen molar-refractivity contribution in [1.82, 2.24) is 10.2 Å². The Kier molecular flexibility index (Phi) is 5.73. The maximum atomic E-state index is 11.5. The standard InChI is InChI=1S/C11H23N3O2/c1-9(2)10(12)11(15)13-3-4-14-5-7-16-8-6-14/h9-10H,3-8,12H2,1-2H3,(H,13,15). The summed E-state index contributed by atoms with van der Waals surface area (Å²) in [4.78, 5) is 13.8. The van der Waals surface area contributed by atoms with Gasteiger partial charge in [0.1, 0.15) is 0 Å². The molecule has 1 aliphatic heterocycles. The van der Waals surface area contributed by atoms with Crippen molar-refractivity contribution in [3.63, 3.8) is 0 Å². The highest BCUT2D eigenvalue weighted by molar-refractivity contribution is 5.81. The fourth-order valence-corrected chi connectivity index (χ4v) is 1.58. The summed E-state index contributed by atoms with van der Waals surface area (Å²) in [5.74, 6) is 0.131. The molecule has 1 fully saturated rings. The van der Waals surface area contributed by atoms with E-state index in [-0.39, 0.29) is 11.8 Å². The van der Waals surface area contributed by atoms with Crippen LogP contribution in [0.3, 0.4) is 0 Å². The lowest BCUT2D eigenvalue weighted by Crippen LogP contribution is -2.47. The minimum atomic E-state index is -0.398. The van der Waals surface area contributed by atoms with E-state index in [1.807, 2.05) is 13.8 Å². The van der Waals surface area contributed by atoms with Crippen LogP contribution in [0.1, 0.15) is 13.8 Å². The highest BCUT2D eigenvalue weighted by atomic mass is 16.5. The zero-order valence-electron chi connectivity index (χ0n) is 10.2. The van der Waals surface area contributed by atoms with E-state index in [9.17, 15) is 4.79 Å². The highest BCUT2D eigenvalue weighted by Gasteiger charge is 2.17. The Morgan fingerprint density at radius 1 is 1.44 bits per heavy atom. The van der Waals surface area contributed by atoms with Crippen molar-refractivity contribution in [2.75, 3.05) is 39.4 Å². The number of nitrogens with two attached hydrogens (primary N) is 1. The Morgan fingerprint density at radius 3 is 2.62 bits per heavy atom. The van der Waals surface area contributed by atoms with Crippen molar-refractivity contribution in [1.29, 1.82) is 0 Å². The number of nitrogens with one attached hydrogen (secondary N) is 1. The van der Waals surface area contributed by atoms with Crippen LogP contribution in [0.15, 0.2) is 0 Å². The number of morpholine rings is 1. The molecule has 16 heavy (non-hydrogen) atoms. The Balaban J connectivity index is 2.12. The number of ether oxygens (including phenoxy) is 1. The molecule has 0 bridgehead atoms. The molecule has 94 valence electrons. The van der Waals surface area contributed by atoms with E-state index in [1.165, 1.54) is 0 Å². The molecule has 1 aliphatic rings. The number of hydrogen-bond acceptors (Lipinski definition) is 4. The number of carbonyl (C=O) groups excluding carboxylic acids is 1. The van der Waals surface area contributed by atoms with Gasteiger partial charge in [0.15, 0.2) is 0 Å². The first-order valence-electron chi connectivity index (χ1n) is 5.94. The molecule has 3 N–H and O–H groups in total. The van der Waals surface area contributed by atoms with Crippen LogP contribution in [-0.2, 0) is 9.53 Å². The van der Waals surface area contributed by atoms with Gasteiger partial charge in [-0.3, -0.25) is 9.69 Å². The summed E-state index contributed by atoms with van der Waals surface area (Å²) in [5, 5.41) is 2.86. The maximum Gasteiger partial charge on any atom is 0.237 e. The van der Waals surface area contributed by atoms with Gasteiger partial charge in [-0.1, -0.05) is 13.8 Å². The smallest absolute Gasteiger partial charge is 0.237 e. The average Bonchev–Trinajstić information content (AvgIpc) is 2.29. The van der Waals surface area contributed by atoms with Crippen LogP contribution in [0.4, 0.5) is 0 Å². The van der Waals surface area contributed by atoms with Crippen molar-refractivity contribution >= 4 is 5.91 Å². The fraction of sp³-hybridized carbons (Fsp3) is 0.909. The zero-order chi connectivity index (χ0) is 12.0. The molecule has 1 amide bonds. The van der Waals surface area contributed by atoms with Crippen molar-refractivity contribution < 1.29 is 9.53 Å². The SMILES string of the molecule is CC(C)C(N)C(=O)NCCN1CCOCC1. The lowest BCUT2D eigenvalue weighted by atomic mass is 10.1. The highest BCUT2D eigenvalue weighted by Crippen LogP contribution is 1.98. The lowest BCUT2D eigenvalue weighted by Gasteiger charge is -2.26. The van der Waals surface area contributed by atoms with Crippen molar-refractivity contribution in [2.45, 2.75) is 19.9 Å². The van der Waals surface area contributed by atoms with E-state index >= 15 is 0 Å². The van der Waals surface area contributed by atoms with Crippen LogP contribution in [0, 0.1) is 5.92 Å². The summed E-state index contributed by atoms with van der Waals surface area (Å²) in [7, 11) is 0.